The van der Waals surface area contributed by atoms with Crippen LogP contribution in [0.2, 0.25) is 0 Å². The number of ether oxygens (including phenoxy) is 1. The number of phenolic OH excluding ortho intramolecular Hbond substituents is 1. The number of carbonyl (C=O) groups is 1. The van der Waals surface area contributed by atoms with Gasteiger partial charge in [-0.3, -0.25) is 4.79 Å². The zero-order valence-corrected chi connectivity index (χ0v) is 12.1. The number of amides is 1. The largest absolute Gasteiger partial charge is 0.504 e. The second-order valence-corrected chi connectivity index (χ2v) is 4.75. The number of benzene rings is 2. The summed E-state index contributed by atoms with van der Waals surface area (Å²) in [4.78, 5) is 12.2. The molecule has 0 spiro atoms. The molecule has 5 nitrogen and oxygen atoms in total. The molecule has 0 unspecified atom stereocenters. The number of hydrogen-bond acceptors (Lipinski definition) is 4. The first-order valence-electron chi connectivity index (χ1n) is 6.75. The molecule has 0 fully saturated rings. The van der Waals surface area contributed by atoms with E-state index in [0.717, 1.165) is 5.56 Å². The minimum absolute atomic E-state index is 0.0218. The number of para-hydroxylation sites is 1. The van der Waals surface area contributed by atoms with E-state index in [1.54, 1.807) is 24.3 Å². The summed E-state index contributed by atoms with van der Waals surface area (Å²) in [6, 6.07) is 15.8. The number of nitriles is 1. The van der Waals surface area contributed by atoms with Gasteiger partial charge in [-0.25, -0.2) is 0 Å². The number of nitrogens with zero attached hydrogens (tertiary/aromatic N) is 1. The van der Waals surface area contributed by atoms with E-state index in [0.29, 0.717) is 11.4 Å². The zero-order chi connectivity index (χ0) is 15.9. The van der Waals surface area contributed by atoms with Crippen LogP contribution in [-0.2, 0) is 11.2 Å². The first-order chi connectivity index (χ1) is 10.6. The number of phenols is 1. The fourth-order valence-corrected chi connectivity index (χ4v) is 2.03. The number of nitrogens with one attached hydrogen (secondary N) is 1. The highest BCUT2D eigenvalue weighted by molar-refractivity contribution is 5.94. The Morgan fingerprint density at radius 1 is 1.32 bits per heavy atom. The molecule has 0 radical (unpaired) electrons. The Bertz CT molecular complexity index is 693. The summed E-state index contributed by atoms with van der Waals surface area (Å²) < 4.78 is 5.02. The van der Waals surface area contributed by atoms with Crippen molar-refractivity contribution in [3.05, 3.63) is 54.1 Å². The Kier molecular flexibility index (Phi) is 4.99. The molecule has 2 aromatic carbocycles. The van der Waals surface area contributed by atoms with E-state index >= 15 is 0 Å². The maximum absolute atomic E-state index is 12.2. The third-order valence-electron chi connectivity index (χ3n) is 3.20. The van der Waals surface area contributed by atoms with Gasteiger partial charge < -0.3 is 15.2 Å². The number of carbonyl (C=O) groups excluding carboxylic acids is 1. The molecule has 22 heavy (non-hydrogen) atoms. The number of aromatic hydroxyl groups is 1. The second-order valence-electron chi connectivity index (χ2n) is 4.75. The fraction of sp³-hybridized carbons (Fsp3) is 0.176. The minimum Gasteiger partial charge on any atom is -0.504 e. The van der Waals surface area contributed by atoms with Crippen LogP contribution in [0, 0.1) is 17.2 Å². The lowest BCUT2D eigenvalue weighted by atomic mass is 9.99. The first-order valence-corrected chi connectivity index (χ1v) is 6.75. The molecule has 5 heteroatoms. The number of hydrogen-bond donors (Lipinski definition) is 2. The summed E-state index contributed by atoms with van der Waals surface area (Å²) in [5.41, 5.74) is 1.39. The van der Waals surface area contributed by atoms with Gasteiger partial charge in [0.15, 0.2) is 11.5 Å². The molecule has 0 heterocycles. The molecule has 0 aliphatic heterocycles. The van der Waals surface area contributed by atoms with Crippen LogP contribution < -0.4 is 10.1 Å². The molecule has 0 saturated carbocycles. The van der Waals surface area contributed by atoms with Crippen molar-refractivity contribution < 1.29 is 14.6 Å². The van der Waals surface area contributed by atoms with Gasteiger partial charge in [-0.05, 0) is 36.2 Å². The lowest BCUT2D eigenvalue weighted by molar-refractivity contribution is -0.118. The molecule has 0 aromatic heterocycles. The van der Waals surface area contributed by atoms with Crippen LogP contribution >= 0.6 is 0 Å². The van der Waals surface area contributed by atoms with Crippen molar-refractivity contribution in [1.82, 2.24) is 0 Å². The third kappa shape index (κ3) is 3.76. The second kappa shape index (κ2) is 7.14. The fourth-order valence-electron chi connectivity index (χ4n) is 2.03. The Hall–Kier alpha value is -3.00. The highest BCUT2D eigenvalue weighted by atomic mass is 16.5. The molecule has 0 aliphatic carbocycles. The van der Waals surface area contributed by atoms with Gasteiger partial charge in [0.05, 0.1) is 13.2 Å². The van der Waals surface area contributed by atoms with Crippen LogP contribution in [0.25, 0.3) is 0 Å². The maximum atomic E-state index is 12.2. The quantitative estimate of drug-likeness (QED) is 0.888. The van der Waals surface area contributed by atoms with E-state index in [4.69, 9.17) is 4.74 Å². The average molecular weight is 296 g/mol. The molecule has 0 aliphatic rings. The summed E-state index contributed by atoms with van der Waals surface area (Å²) in [7, 11) is 1.45. The van der Waals surface area contributed by atoms with Crippen LogP contribution in [0.4, 0.5) is 5.69 Å². The number of anilines is 1. The minimum atomic E-state index is -0.825. The van der Waals surface area contributed by atoms with Crippen LogP contribution in [0.3, 0.4) is 0 Å². The van der Waals surface area contributed by atoms with Crippen molar-refractivity contribution in [3.8, 4) is 17.6 Å². The highest BCUT2D eigenvalue weighted by Crippen LogP contribution is 2.27. The summed E-state index contributed by atoms with van der Waals surface area (Å²) >= 11 is 0. The van der Waals surface area contributed by atoms with Crippen molar-refractivity contribution in [2.75, 3.05) is 12.4 Å². The maximum Gasteiger partial charge on any atom is 0.242 e. The Labute approximate surface area is 128 Å². The standard InChI is InChI=1S/C17H16N2O3/c1-22-16-10-12(7-8-15(16)20)9-13(11-18)17(21)19-14-5-3-2-4-6-14/h2-8,10,13,20H,9H2,1H3,(H,19,21)/t13-/m1/s1. The van der Waals surface area contributed by atoms with Crippen molar-refractivity contribution in [2.45, 2.75) is 6.42 Å². The van der Waals surface area contributed by atoms with Crippen molar-refractivity contribution in [1.29, 1.82) is 5.26 Å². The van der Waals surface area contributed by atoms with Crippen LogP contribution in [0.1, 0.15) is 5.56 Å². The van der Waals surface area contributed by atoms with Gasteiger partial charge in [0.25, 0.3) is 0 Å². The summed E-state index contributed by atoms with van der Waals surface area (Å²) in [5.74, 6) is -0.846. The van der Waals surface area contributed by atoms with Gasteiger partial charge in [0, 0.05) is 5.69 Å². The molecule has 2 aromatic rings. The molecule has 1 amide bonds. The molecule has 112 valence electrons. The van der Waals surface area contributed by atoms with Crippen molar-refractivity contribution >= 4 is 11.6 Å². The SMILES string of the molecule is COc1cc(C[C@H](C#N)C(=O)Nc2ccccc2)ccc1O. The van der Waals surface area contributed by atoms with Gasteiger partial charge in [-0.1, -0.05) is 24.3 Å². The predicted molar refractivity (Wildman–Crippen MR) is 82.5 cm³/mol. The van der Waals surface area contributed by atoms with Crippen LogP contribution in [0.15, 0.2) is 48.5 Å². The van der Waals surface area contributed by atoms with E-state index < -0.39 is 5.92 Å². The lowest BCUT2D eigenvalue weighted by Crippen LogP contribution is -2.23. The predicted octanol–water partition coefficient (Wildman–Crippen LogP) is 2.72. The molecule has 2 rings (SSSR count). The summed E-state index contributed by atoms with van der Waals surface area (Å²) in [6.45, 7) is 0. The van der Waals surface area contributed by atoms with E-state index in [1.807, 2.05) is 24.3 Å². The smallest absolute Gasteiger partial charge is 0.242 e. The van der Waals surface area contributed by atoms with Gasteiger partial charge in [0.2, 0.25) is 5.91 Å². The Balaban J connectivity index is 2.09. The van der Waals surface area contributed by atoms with Crippen LogP contribution in [0.5, 0.6) is 11.5 Å². The Morgan fingerprint density at radius 2 is 2.05 bits per heavy atom. The van der Waals surface area contributed by atoms with Gasteiger partial charge >= 0.3 is 0 Å². The third-order valence-corrected chi connectivity index (χ3v) is 3.20. The van der Waals surface area contributed by atoms with Gasteiger partial charge in [-0.2, -0.15) is 5.26 Å². The summed E-state index contributed by atoms with van der Waals surface area (Å²) in [5, 5.41) is 21.5. The Morgan fingerprint density at radius 3 is 2.68 bits per heavy atom. The van der Waals surface area contributed by atoms with E-state index in [1.165, 1.54) is 13.2 Å². The van der Waals surface area contributed by atoms with Crippen molar-refractivity contribution in [2.24, 2.45) is 5.92 Å². The topological polar surface area (TPSA) is 82.3 Å². The van der Waals surface area contributed by atoms with Crippen LogP contribution in [-0.4, -0.2) is 18.1 Å². The van der Waals surface area contributed by atoms with E-state index in [9.17, 15) is 15.2 Å². The molecule has 1 atom stereocenters. The molecule has 2 N–H and O–H groups in total. The van der Waals surface area contributed by atoms with E-state index in [-0.39, 0.29) is 18.1 Å². The average Bonchev–Trinajstić information content (AvgIpc) is 2.54. The normalized spacial score (nSPS) is 11.3. The van der Waals surface area contributed by atoms with E-state index in [2.05, 4.69) is 5.32 Å². The number of rotatable bonds is 5. The molecular weight excluding hydrogens is 280 g/mol. The monoisotopic (exact) mass is 296 g/mol. The van der Waals surface area contributed by atoms with Gasteiger partial charge in [-0.15, -0.1) is 0 Å². The zero-order valence-electron chi connectivity index (χ0n) is 12.1. The first kappa shape index (κ1) is 15.4. The molecule has 0 saturated heterocycles. The molecular formula is C17H16N2O3. The summed E-state index contributed by atoms with van der Waals surface area (Å²) in [6.07, 6.45) is 0.242. The van der Waals surface area contributed by atoms with Crippen molar-refractivity contribution in [3.63, 3.8) is 0 Å². The van der Waals surface area contributed by atoms with Gasteiger partial charge in [0.1, 0.15) is 5.92 Å². The highest BCUT2D eigenvalue weighted by Gasteiger charge is 2.19. The lowest BCUT2D eigenvalue weighted by Gasteiger charge is -2.11. The molecule has 0 bridgehead atoms. The number of methoxy groups -OCH3 is 1.